The minimum Gasteiger partial charge on any atom is -0.462 e. The summed E-state index contributed by atoms with van der Waals surface area (Å²) in [6, 6.07) is -0.692. The number of nitrogens with one attached hydrogen (secondary N) is 1. The first kappa shape index (κ1) is 58.9. The van der Waals surface area contributed by atoms with E-state index in [0.717, 1.165) is 38.5 Å². The number of carbonyl (C=O) groups is 2. The number of esters is 1. The number of hydrogen-bond acceptors (Lipinski definition) is 5. The Kier molecular flexibility index (Phi) is 48.0. The summed E-state index contributed by atoms with van der Waals surface area (Å²) in [6.45, 7) is 6.51. The molecular weight excluding hydrogens is 743 g/mol. The highest BCUT2D eigenvalue weighted by Crippen LogP contribution is 2.19. The summed E-state index contributed by atoms with van der Waals surface area (Å²) in [5, 5.41) is 23.8. The van der Waals surface area contributed by atoms with Gasteiger partial charge in [-0.05, 0) is 25.7 Å². The van der Waals surface area contributed by atoms with E-state index in [0.29, 0.717) is 19.3 Å². The van der Waals surface area contributed by atoms with Crippen molar-refractivity contribution < 1.29 is 24.5 Å². The number of rotatable bonds is 50. The molecule has 0 aromatic rings. The summed E-state index contributed by atoms with van der Waals surface area (Å²) in [4.78, 5) is 26.2. The van der Waals surface area contributed by atoms with Crippen LogP contribution in [0.4, 0.5) is 0 Å². The molecule has 1 amide bonds. The molecule has 0 aliphatic heterocycles. The highest BCUT2D eigenvalue weighted by molar-refractivity contribution is 5.77. The van der Waals surface area contributed by atoms with Gasteiger partial charge in [-0.15, -0.1) is 0 Å². The number of hydrogen-bond donors (Lipinski definition) is 3. The molecule has 0 saturated carbocycles. The second-order valence-corrected chi connectivity index (χ2v) is 19.0. The molecule has 3 unspecified atom stereocenters. The van der Waals surface area contributed by atoms with Crippen LogP contribution in [0.1, 0.15) is 310 Å². The van der Waals surface area contributed by atoms with Crippen LogP contribution in [0.3, 0.4) is 0 Å². The van der Waals surface area contributed by atoms with E-state index in [1.807, 2.05) is 0 Å². The van der Waals surface area contributed by atoms with Crippen LogP contribution in [0.2, 0.25) is 0 Å². The number of carbonyl (C=O) groups excluding carboxylic acids is 2. The van der Waals surface area contributed by atoms with Gasteiger partial charge in [0, 0.05) is 6.42 Å². The summed E-state index contributed by atoms with van der Waals surface area (Å²) in [5.41, 5.74) is 0. The first-order valence-corrected chi connectivity index (χ1v) is 27.3. The van der Waals surface area contributed by atoms with Crippen LogP contribution in [0.5, 0.6) is 0 Å². The van der Waals surface area contributed by atoms with E-state index < -0.39 is 18.2 Å². The molecule has 0 bridgehead atoms. The normalized spacial score (nSPS) is 13.1. The van der Waals surface area contributed by atoms with Gasteiger partial charge in [-0.2, -0.15) is 0 Å². The molecule has 0 heterocycles. The Labute approximate surface area is 375 Å². The van der Waals surface area contributed by atoms with Crippen LogP contribution < -0.4 is 5.32 Å². The van der Waals surface area contributed by atoms with Crippen molar-refractivity contribution >= 4 is 11.9 Å². The molecule has 3 N–H and O–H groups in total. The zero-order chi connectivity index (χ0) is 43.8. The van der Waals surface area contributed by atoms with Crippen LogP contribution >= 0.6 is 0 Å². The van der Waals surface area contributed by atoms with Crippen molar-refractivity contribution in [2.24, 2.45) is 0 Å². The highest BCUT2D eigenvalue weighted by atomic mass is 16.5. The van der Waals surface area contributed by atoms with Crippen molar-refractivity contribution in [2.75, 3.05) is 6.61 Å². The number of amides is 1. The fourth-order valence-electron chi connectivity index (χ4n) is 8.79. The first-order chi connectivity index (χ1) is 29.5. The predicted octanol–water partition coefficient (Wildman–Crippen LogP) is 16.4. The monoisotopic (exact) mass is 850 g/mol. The SMILES string of the molecule is CCCCCCCCCCCCCCCCCCCC(CC(=O)NC(CO)C(O)CCCCCCCCCCCCC)OC(=O)CCCCCCCCCCCCCCC. The zero-order valence-corrected chi connectivity index (χ0v) is 40.9. The molecule has 0 fully saturated rings. The Morgan fingerprint density at radius 1 is 0.417 bits per heavy atom. The largest absolute Gasteiger partial charge is 0.462 e. The molecule has 0 rings (SSSR count). The fourth-order valence-corrected chi connectivity index (χ4v) is 8.79. The smallest absolute Gasteiger partial charge is 0.306 e. The molecule has 6 nitrogen and oxygen atoms in total. The van der Waals surface area contributed by atoms with Crippen LogP contribution in [-0.4, -0.2) is 46.9 Å². The van der Waals surface area contributed by atoms with Crippen molar-refractivity contribution in [2.45, 2.75) is 328 Å². The van der Waals surface area contributed by atoms with Gasteiger partial charge in [-0.1, -0.05) is 271 Å². The maximum absolute atomic E-state index is 13.2. The number of aliphatic hydroxyl groups is 2. The molecule has 60 heavy (non-hydrogen) atoms. The maximum atomic E-state index is 13.2. The average Bonchev–Trinajstić information content (AvgIpc) is 3.24. The third kappa shape index (κ3) is 43.5. The molecular formula is C54H107NO5. The lowest BCUT2D eigenvalue weighted by atomic mass is 10.0. The van der Waals surface area contributed by atoms with Crippen molar-refractivity contribution in [1.29, 1.82) is 0 Å². The summed E-state index contributed by atoms with van der Waals surface area (Å²) in [5.74, 6) is -0.448. The molecule has 6 heteroatoms. The van der Waals surface area contributed by atoms with Crippen LogP contribution in [0, 0.1) is 0 Å². The fraction of sp³-hybridized carbons (Fsp3) is 0.963. The summed E-state index contributed by atoms with van der Waals surface area (Å²) >= 11 is 0. The van der Waals surface area contributed by atoms with Crippen LogP contribution in [-0.2, 0) is 14.3 Å². The van der Waals surface area contributed by atoms with E-state index in [9.17, 15) is 19.8 Å². The van der Waals surface area contributed by atoms with E-state index in [1.54, 1.807) is 0 Å². The third-order valence-corrected chi connectivity index (χ3v) is 12.9. The van der Waals surface area contributed by atoms with Gasteiger partial charge in [0.1, 0.15) is 6.10 Å². The van der Waals surface area contributed by atoms with Gasteiger partial charge in [0.05, 0.1) is 25.2 Å². The van der Waals surface area contributed by atoms with Crippen molar-refractivity contribution in [1.82, 2.24) is 5.32 Å². The lowest BCUT2D eigenvalue weighted by Crippen LogP contribution is -2.46. The molecule has 3 atom stereocenters. The van der Waals surface area contributed by atoms with Crippen LogP contribution in [0.15, 0.2) is 0 Å². The summed E-state index contributed by atoms with van der Waals surface area (Å²) in [7, 11) is 0. The standard InChI is InChI=1S/C54H107NO5/c1-4-7-10-13-16-19-22-24-25-26-27-29-31-33-36-39-42-45-50(60-54(59)47-44-41-38-35-32-28-23-20-17-14-11-8-5-2)48-53(58)55-51(49-56)52(57)46-43-40-37-34-30-21-18-15-12-9-6-3/h50-52,56-57H,4-49H2,1-3H3,(H,55,58). The van der Waals surface area contributed by atoms with Crippen LogP contribution in [0.25, 0.3) is 0 Å². The van der Waals surface area contributed by atoms with Crippen molar-refractivity contribution in [3.05, 3.63) is 0 Å². The van der Waals surface area contributed by atoms with Gasteiger partial charge in [-0.25, -0.2) is 0 Å². The molecule has 0 spiro atoms. The van der Waals surface area contributed by atoms with Gasteiger partial charge in [-0.3, -0.25) is 9.59 Å². The number of ether oxygens (including phenoxy) is 1. The van der Waals surface area contributed by atoms with E-state index >= 15 is 0 Å². The molecule has 0 radical (unpaired) electrons. The zero-order valence-electron chi connectivity index (χ0n) is 40.9. The Hall–Kier alpha value is -1.14. The lowest BCUT2D eigenvalue weighted by Gasteiger charge is -2.24. The predicted molar refractivity (Wildman–Crippen MR) is 260 cm³/mol. The third-order valence-electron chi connectivity index (χ3n) is 12.9. The molecule has 0 aliphatic rings. The van der Waals surface area contributed by atoms with E-state index in [4.69, 9.17) is 4.74 Å². The Morgan fingerprint density at radius 3 is 1.02 bits per heavy atom. The molecule has 0 aliphatic carbocycles. The van der Waals surface area contributed by atoms with Gasteiger partial charge in [0.15, 0.2) is 0 Å². The Balaban J connectivity index is 4.50. The summed E-state index contributed by atoms with van der Waals surface area (Å²) < 4.78 is 5.95. The minimum atomic E-state index is -0.779. The molecule has 0 saturated heterocycles. The van der Waals surface area contributed by atoms with E-state index in [1.165, 1.54) is 225 Å². The second-order valence-electron chi connectivity index (χ2n) is 19.0. The van der Waals surface area contributed by atoms with Gasteiger partial charge in [0.25, 0.3) is 0 Å². The molecule has 0 aromatic heterocycles. The summed E-state index contributed by atoms with van der Waals surface area (Å²) in [6.07, 6.45) is 53.1. The molecule has 0 aromatic carbocycles. The second kappa shape index (κ2) is 48.9. The molecule has 358 valence electrons. The van der Waals surface area contributed by atoms with E-state index in [2.05, 4.69) is 26.1 Å². The Morgan fingerprint density at radius 2 is 0.700 bits per heavy atom. The van der Waals surface area contributed by atoms with E-state index in [-0.39, 0.29) is 24.9 Å². The van der Waals surface area contributed by atoms with Gasteiger partial charge < -0.3 is 20.3 Å². The highest BCUT2D eigenvalue weighted by Gasteiger charge is 2.24. The quantitative estimate of drug-likeness (QED) is 0.0419. The van der Waals surface area contributed by atoms with Gasteiger partial charge >= 0.3 is 5.97 Å². The average molecular weight is 850 g/mol. The minimum absolute atomic E-state index is 0.0882. The first-order valence-electron chi connectivity index (χ1n) is 27.3. The van der Waals surface area contributed by atoms with Gasteiger partial charge in [0.2, 0.25) is 5.91 Å². The maximum Gasteiger partial charge on any atom is 0.306 e. The van der Waals surface area contributed by atoms with Crippen molar-refractivity contribution in [3.63, 3.8) is 0 Å². The topological polar surface area (TPSA) is 95.9 Å². The van der Waals surface area contributed by atoms with Crippen molar-refractivity contribution in [3.8, 4) is 0 Å². The number of unbranched alkanes of at least 4 members (excludes halogenated alkanes) is 38. The lowest BCUT2D eigenvalue weighted by molar-refractivity contribution is -0.151. The number of aliphatic hydroxyl groups excluding tert-OH is 2. The Bertz CT molecular complexity index is 867.